The smallest absolute Gasteiger partial charge is 0.309 e. The van der Waals surface area contributed by atoms with Crippen LogP contribution in [0.15, 0.2) is 18.2 Å². The van der Waals surface area contributed by atoms with Gasteiger partial charge < -0.3 is 15.0 Å². The summed E-state index contributed by atoms with van der Waals surface area (Å²) in [6.07, 6.45) is 1.26. The summed E-state index contributed by atoms with van der Waals surface area (Å²) in [7, 11) is 0. The Morgan fingerprint density at radius 1 is 1.35 bits per heavy atom. The summed E-state index contributed by atoms with van der Waals surface area (Å²) in [5.41, 5.74) is 1.16. The predicted molar refractivity (Wildman–Crippen MR) is 85.6 cm³/mol. The van der Waals surface area contributed by atoms with E-state index in [0.717, 1.165) is 0 Å². The number of hydrogen-bond donors (Lipinski definition) is 1. The lowest BCUT2D eigenvalue weighted by Gasteiger charge is -2.31. The molecule has 1 aliphatic heterocycles. The number of anilines is 1. The first kappa shape index (κ1) is 17.2. The molecule has 0 bridgehead atoms. The number of halogens is 1. The number of esters is 1. The van der Waals surface area contributed by atoms with Crippen LogP contribution in [0, 0.1) is 18.7 Å². The van der Waals surface area contributed by atoms with E-state index < -0.39 is 0 Å². The first-order chi connectivity index (χ1) is 11.0. The fraction of sp³-hybridized carbons (Fsp3) is 0.529. The van der Waals surface area contributed by atoms with Crippen molar-refractivity contribution < 1.29 is 18.7 Å². The summed E-state index contributed by atoms with van der Waals surface area (Å²) in [6.45, 7) is 5.08. The van der Waals surface area contributed by atoms with E-state index in [2.05, 4.69) is 5.32 Å². The number of carbonyl (C=O) groups is 2. The van der Waals surface area contributed by atoms with Crippen LogP contribution >= 0.6 is 0 Å². The fourth-order valence-electron chi connectivity index (χ4n) is 2.62. The van der Waals surface area contributed by atoms with E-state index in [9.17, 15) is 14.0 Å². The number of aryl methyl sites for hydroxylation is 1. The number of ether oxygens (including phenoxy) is 1. The average molecular weight is 322 g/mol. The van der Waals surface area contributed by atoms with Gasteiger partial charge in [-0.2, -0.15) is 0 Å². The van der Waals surface area contributed by atoms with Gasteiger partial charge in [-0.05, 0) is 44.4 Å². The molecule has 0 aromatic heterocycles. The highest BCUT2D eigenvalue weighted by Crippen LogP contribution is 2.19. The molecule has 0 unspecified atom stereocenters. The second kappa shape index (κ2) is 7.94. The van der Waals surface area contributed by atoms with Gasteiger partial charge in [0, 0.05) is 18.8 Å². The molecule has 6 heteroatoms. The standard InChI is InChI=1S/C17H23FN2O3/c1-3-23-17(22)13-6-8-20(9-7-13)16(21)11-19-14-5-4-12(2)15(18)10-14/h4-5,10,13,19H,3,6-9,11H2,1-2H3. The molecule has 0 aliphatic carbocycles. The van der Waals surface area contributed by atoms with Crippen LogP contribution in [0.4, 0.5) is 10.1 Å². The van der Waals surface area contributed by atoms with Crippen LogP contribution in [-0.2, 0) is 14.3 Å². The molecule has 1 aromatic rings. The SMILES string of the molecule is CCOC(=O)C1CCN(C(=O)CNc2ccc(C)c(F)c2)CC1. The zero-order valence-corrected chi connectivity index (χ0v) is 13.6. The highest BCUT2D eigenvalue weighted by Gasteiger charge is 2.27. The van der Waals surface area contributed by atoms with Crippen molar-refractivity contribution in [2.24, 2.45) is 5.92 Å². The van der Waals surface area contributed by atoms with E-state index in [1.165, 1.54) is 6.07 Å². The lowest BCUT2D eigenvalue weighted by molar-refractivity contribution is -0.151. The van der Waals surface area contributed by atoms with E-state index >= 15 is 0 Å². The minimum atomic E-state index is -0.294. The molecule has 0 atom stereocenters. The minimum Gasteiger partial charge on any atom is -0.466 e. The zero-order chi connectivity index (χ0) is 16.8. The molecular weight excluding hydrogens is 299 g/mol. The fourth-order valence-corrected chi connectivity index (χ4v) is 2.62. The van der Waals surface area contributed by atoms with Gasteiger partial charge in [-0.25, -0.2) is 4.39 Å². The van der Waals surface area contributed by atoms with E-state index in [1.54, 1.807) is 30.9 Å². The van der Waals surface area contributed by atoms with Gasteiger partial charge in [-0.15, -0.1) is 0 Å². The van der Waals surface area contributed by atoms with Gasteiger partial charge in [0.15, 0.2) is 0 Å². The maximum atomic E-state index is 13.5. The molecule has 2 rings (SSSR count). The Kier molecular flexibility index (Phi) is 5.96. The van der Waals surface area contributed by atoms with Gasteiger partial charge in [0.1, 0.15) is 5.82 Å². The highest BCUT2D eigenvalue weighted by atomic mass is 19.1. The molecule has 1 aromatic carbocycles. The van der Waals surface area contributed by atoms with Crippen molar-refractivity contribution in [3.63, 3.8) is 0 Å². The van der Waals surface area contributed by atoms with Gasteiger partial charge >= 0.3 is 5.97 Å². The lowest BCUT2D eigenvalue weighted by Crippen LogP contribution is -2.43. The second-order valence-corrected chi connectivity index (χ2v) is 5.72. The number of nitrogens with zero attached hydrogens (tertiary/aromatic N) is 1. The third-order valence-electron chi connectivity index (χ3n) is 4.08. The molecular formula is C17H23FN2O3. The molecule has 0 spiro atoms. The molecule has 1 N–H and O–H groups in total. The first-order valence-corrected chi connectivity index (χ1v) is 7.95. The monoisotopic (exact) mass is 322 g/mol. The normalized spacial score (nSPS) is 15.3. The van der Waals surface area contributed by atoms with Crippen LogP contribution in [0.3, 0.4) is 0 Å². The minimum absolute atomic E-state index is 0.0479. The van der Waals surface area contributed by atoms with Gasteiger partial charge in [-0.3, -0.25) is 9.59 Å². The molecule has 1 aliphatic rings. The molecule has 1 amide bonds. The molecule has 5 nitrogen and oxygen atoms in total. The number of amides is 1. The van der Waals surface area contributed by atoms with E-state index in [4.69, 9.17) is 4.74 Å². The van der Waals surface area contributed by atoms with Gasteiger partial charge in [0.05, 0.1) is 19.1 Å². The quantitative estimate of drug-likeness (QED) is 0.846. The predicted octanol–water partition coefficient (Wildman–Crippen LogP) is 2.35. The highest BCUT2D eigenvalue weighted by molar-refractivity contribution is 5.81. The Bertz CT molecular complexity index is 569. The summed E-state index contributed by atoms with van der Waals surface area (Å²) in [5, 5.41) is 2.94. The van der Waals surface area contributed by atoms with E-state index in [1.807, 2.05) is 0 Å². The Morgan fingerprint density at radius 3 is 2.65 bits per heavy atom. The molecule has 1 heterocycles. The summed E-state index contributed by atoms with van der Waals surface area (Å²) < 4.78 is 18.5. The number of rotatable bonds is 5. The van der Waals surface area contributed by atoms with Crippen molar-refractivity contribution in [3.8, 4) is 0 Å². The number of likely N-dealkylation sites (tertiary alicyclic amines) is 1. The first-order valence-electron chi connectivity index (χ1n) is 7.95. The van der Waals surface area contributed by atoms with Crippen molar-refractivity contribution in [1.29, 1.82) is 0 Å². The van der Waals surface area contributed by atoms with Crippen LogP contribution in [0.2, 0.25) is 0 Å². The van der Waals surface area contributed by atoms with Crippen molar-refractivity contribution >= 4 is 17.6 Å². The van der Waals surface area contributed by atoms with Crippen molar-refractivity contribution in [1.82, 2.24) is 4.90 Å². The van der Waals surface area contributed by atoms with Crippen molar-refractivity contribution in [2.75, 3.05) is 31.6 Å². The third kappa shape index (κ3) is 4.68. The Balaban J connectivity index is 1.79. The Morgan fingerprint density at radius 2 is 2.04 bits per heavy atom. The van der Waals surface area contributed by atoms with Crippen molar-refractivity contribution in [2.45, 2.75) is 26.7 Å². The van der Waals surface area contributed by atoms with Crippen LogP contribution in [-0.4, -0.2) is 43.0 Å². The molecule has 1 saturated heterocycles. The molecule has 1 fully saturated rings. The molecule has 0 radical (unpaired) electrons. The van der Waals surface area contributed by atoms with Crippen molar-refractivity contribution in [3.05, 3.63) is 29.6 Å². The number of piperidine rings is 1. The molecule has 126 valence electrons. The molecule has 0 saturated carbocycles. The lowest BCUT2D eigenvalue weighted by atomic mass is 9.97. The van der Waals surface area contributed by atoms with Crippen LogP contribution in [0.25, 0.3) is 0 Å². The van der Waals surface area contributed by atoms with Crippen LogP contribution in [0.1, 0.15) is 25.3 Å². The van der Waals surface area contributed by atoms with E-state index in [0.29, 0.717) is 43.8 Å². The number of carbonyl (C=O) groups excluding carboxylic acids is 2. The summed E-state index contributed by atoms with van der Waals surface area (Å²) in [5.74, 6) is -0.628. The van der Waals surface area contributed by atoms with Crippen LogP contribution < -0.4 is 5.32 Å². The Labute approximate surface area is 135 Å². The number of benzene rings is 1. The average Bonchev–Trinajstić information content (AvgIpc) is 2.56. The van der Waals surface area contributed by atoms with Crippen LogP contribution in [0.5, 0.6) is 0 Å². The zero-order valence-electron chi connectivity index (χ0n) is 13.6. The number of hydrogen-bond acceptors (Lipinski definition) is 4. The summed E-state index contributed by atoms with van der Waals surface area (Å²) in [4.78, 5) is 25.6. The molecule has 23 heavy (non-hydrogen) atoms. The second-order valence-electron chi connectivity index (χ2n) is 5.72. The topological polar surface area (TPSA) is 58.6 Å². The summed E-state index contributed by atoms with van der Waals surface area (Å²) in [6, 6.07) is 4.81. The maximum Gasteiger partial charge on any atom is 0.309 e. The third-order valence-corrected chi connectivity index (χ3v) is 4.08. The number of nitrogens with one attached hydrogen (secondary N) is 1. The largest absolute Gasteiger partial charge is 0.466 e. The van der Waals surface area contributed by atoms with E-state index in [-0.39, 0.29) is 30.2 Å². The Hall–Kier alpha value is -2.11. The summed E-state index contributed by atoms with van der Waals surface area (Å²) >= 11 is 0. The van der Waals surface area contributed by atoms with Gasteiger partial charge in [0.2, 0.25) is 5.91 Å². The maximum absolute atomic E-state index is 13.5. The van der Waals surface area contributed by atoms with Gasteiger partial charge in [-0.1, -0.05) is 6.07 Å². The van der Waals surface area contributed by atoms with Gasteiger partial charge in [0.25, 0.3) is 0 Å².